The molecule has 1 unspecified atom stereocenters. The summed E-state index contributed by atoms with van der Waals surface area (Å²) in [6.07, 6.45) is 0.331. The largest absolute Gasteiger partial charge is 0.454 e. The molecule has 124 valence electrons. The molecule has 1 aromatic rings. The lowest BCUT2D eigenvalue weighted by Crippen LogP contribution is -2.56. The van der Waals surface area contributed by atoms with E-state index in [0.717, 1.165) is 5.56 Å². The first-order valence-electron chi connectivity index (χ1n) is 7.81. The number of hydrogen-bond acceptors (Lipinski definition) is 5. The van der Waals surface area contributed by atoms with E-state index in [1.807, 2.05) is 6.07 Å². The molecule has 2 fully saturated rings. The molecule has 0 aromatic heterocycles. The summed E-state index contributed by atoms with van der Waals surface area (Å²) < 4.78 is 10.7. The molecule has 7 heteroatoms. The van der Waals surface area contributed by atoms with Gasteiger partial charge >= 0.3 is 0 Å². The van der Waals surface area contributed by atoms with Crippen molar-refractivity contribution in [3.8, 4) is 17.6 Å². The minimum atomic E-state index is -0.838. The molecule has 3 atom stereocenters. The first-order valence-corrected chi connectivity index (χ1v) is 7.81. The van der Waals surface area contributed by atoms with Crippen LogP contribution in [0, 0.1) is 16.7 Å². The van der Waals surface area contributed by atoms with Crippen LogP contribution >= 0.6 is 0 Å². The van der Waals surface area contributed by atoms with Crippen LogP contribution in [0.25, 0.3) is 0 Å². The second-order valence-corrected chi connectivity index (χ2v) is 6.76. The highest BCUT2D eigenvalue weighted by Gasteiger charge is 2.57. The number of carbonyl (C=O) groups is 2. The average Bonchev–Trinajstić information content (AvgIpc) is 3.14. The molecular weight excluding hydrogens is 310 g/mol. The van der Waals surface area contributed by atoms with Crippen molar-refractivity contribution in [2.24, 2.45) is 5.41 Å². The van der Waals surface area contributed by atoms with Gasteiger partial charge in [0.25, 0.3) is 0 Å². The average molecular weight is 327 g/mol. The van der Waals surface area contributed by atoms with E-state index in [2.05, 4.69) is 6.07 Å². The van der Waals surface area contributed by atoms with E-state index in [4.69, 9.17) is 9.47 Å². The van der Waals surface area contributed by atoms with Crippen LogP contribution < -0.4 is 9.47 Å². The Morgan fingerprint density at radius 3 is 2.79 bits per heavy atom. The number of likely N-dealkylation sites (N-methyl/N-ethyl adjacent to an activating group) is 1. The van der Waals surface area contributed by atoms with Gasteiger partial charge in [-0.15, -0.1) is 0 Å². The van der Waals surface area contributed by atoms with Crippen LogP contribution in [0.15, 0.2) is 18.2 Å². The normalized spacial score (nSPS) is 31.2. The van der Waals surface area contributed by atoms with Crippen LogP contribution in [-0.2, 0) is 9.59 Å². The fourth-order valence-electron chi connectivity index (χ4n) is 3.96. The summed E-state index contributed by atoms with van der Waals surface area (Å²) in [6, 6.07) is 6.69. The quantitative estimate of drug-likeness (QED) is 0.770. The molecule has 0 spiro atoms. The van der Waals surface area contributed by atoms with E-state index in [-0.39, 0.29) is 25.2 Å². The second kappa shape index (κ2) is 4.87. The molecular formula is C17H17N3O4. The molecule has 2 amide bonds. The lowest BCUT2D eigenvalue weighted by atomic mass is 9.79. The molecule has 0 aliphatic carbocycles. The molecule has 4 rings (SSSR count). The number of hydrogen-bond donors (Lipinski definition) is 0. The summed E-state index contributed by atoms with van der Waals surface area (Å²) in [6.45, 7) is 2.01. The molecule has 24 heavy (non-hydrogen) atoms. The topological polar surface area (TPSA) is 82.9 Å². The molecule has 1 aromatic carbocycles. The zero-order chi connectivity index (χ0) is 17.1. The zero-order valence-electron chi connectivity index (χ0n) is 13.5. The summed E-state index contributed by atoms with van der Waals surface area (Å²) in [5.41, 5.74) is -0.0500. The number of rotatable bonds is 1. The van der Waals surface area contributed by atoms with Crippen molar-refractivity contribution >= 4 is 11.8 Å². The summed E-state index contributed by atoms with van der Waals surface area (Å²) in [5.74, 6) is 1.000. The predicted octanol–water partition coefficient (Wildman–Crippen LogP) is 1.06. The highest BCUT2D eigenvalue weighted by Crippen LogP contribution is 2.52. The third-order valence-corrected chi connectivity index (χ3v) is 5.12. The molecule has 3 heterocycles. The molecule has 0 saturated carbocycles. The summed E-state index contributed by atoms with van der Waals surface area (Å²) in [7, 11) is 1.62. The van der Waals surface area contributed by atoms with Gasteiger partial charge in [-0.3, -0.25) is 9.59 Å². The Balaban J connectivity index is 1.81. The maximum Gasteiger partial charge on any atom is 0.245 e. The zero-order valence-corrected chi connectivity index (χ0v) is 13.5. The number of piperazine rings is 1. The van der Waals surface area contributed by atoms with Gasteiger partial charge < -0.3 is 19.3 Å². The Morgan fingerprint density at radius 1 is 1.29 bits per heavy atom. The Morgan fingerprint density at radius 2 is 2.04 bits per heavy atom. The molecule has 0 N–H and O–H groups in total. The SMILES string of the molecule is CN1CC(=O)N2C(c3ccc4c(c3)OCO4)[C@@](C)(C#N)C[C@H]2C1=O. The summed E-state index contributed by atoms with van der Waals surface area (Å²) in [4.78, 5) is 28.1. The fraction of sp³-hybridized carbons (Fsp3) is 0.471. The van der Waals surface area contributed by atoms with Crippen LogP contribution in [0.4, 0.5) is 0 Å². The van der Waals surface area contributed by atoms with Gasteiger partial charge in [0.1, 0.15) is 6.04 Å². The lowest BCUT2D eigenvalue weighted by Gasteiger charge is -2.38. The lowest BCUT2D eigenvalue weighted by molar-refractivity contribution is -0.154. The van der Waals surface area contributed by atoms with E-state index in [0.29, 0.717) is 17.9 Å². The fourth-order valence-corrected chi connectivity index (χ4v) is 3.96. The molecule has 3 aliphatic heterocycles. The van der Waals surface area contributed by atoms with E-state index in [1.54, 1.807) is 31.0 Å². The molecule has 0 radical (unpaired) electrons. The number of amides is 2. The van der Waals surface area contributed by atoms with Gasteiger partial charge in [0, 0.05) is 7.05 Å². The molecule has 0 bridgehead atoms. The predicted molar refractivity (Wildman–Crippen MR) is 81.9 cm³/mol. The summed E-state index contributed by atoms with van der Waals surface area (Å²) >= 11 is 0. The van der Waals surface area contributed by atoms with Crippen molar-refractivity contribution in [2.45, 2.75) is 25.4 Å². The molecule has 7 nitrogen and oxygen atoms in total. The summed E-state index contributed by atoms with van der Waals surface area (Å²) in [5, 5.41) is 9.77. The van der Waals surface area contributed by atoms with E-state index in [9.17, 15) is 14.9 Å². The number of benzene rings is 1. The number of ether oxygens (including phenoxy) is 2. The number of carbonyl (C=O) groups excluding carboxylic acids is 2. The van der Waals surface area contributed by atoms with Crippen molar-refractivity contribution in [3.63, 3.8) is 0 Å². The van der Waals surface area contributed by atoms with Gasteiger partial charge in [-0.05, 0) is 31.0 Å². The highest BCUT2D eigenvalue weighted by molar-refractivity contribution is 5.96. The number of nitrogens with zero attached hydrogens (tertiary/aromatic N) is 3. The van der Waals surface area contributed by atoms with E-state index in [1.165, 1.54) is 4.90 Å². The Kier molecular flexibility index (Phi) is 3.01. The van der Waals surface area contributed by atoms with Crippen molar-refractivity contribution in [1.82, 2.24) is 9.80 Å². The minimum absolute atomic E-state index is 0.0396. The van der Waals surface area contributed by atoms with Crippen molar-refractivity contribution in [3.05, 3.63) is 23.8 Å². The Hall–Kier alpha value is -2.75. The van der Waals surface area contributed by atoms with Crippen LogP contribution in [0.3, 0.4) is 0 Å². The first-order chi connectivity index (χ1) is 11.4. The maximum atomic E-state index is 12.6. The van der Waals surface area contributed by atoms with Crippen molar-refractivity contribution < 1.29 is 19.1 Å². The van der Waals surface area contributed by atoms with Crippen molar-refractivity contribution in [1.29, 1.82) is 5.26 Å². The van der Waals surface area contributed by atoms with Crippen LogP contribution in [0.2, 0.25) is 0 Å². The monoisotopic (exact) mass is 327 g/mol. The van der Waals surface area contributed by atoms with E-state index >= 15 is 0 Å². The van der Waals surface area contributed by atoms with Crippen molar-refractivity contribution in [2.75, 3.05) is 20.4 Å². The molecule has 3 aliphatic rings. The van der Waals surface area contributed by atoms with Crippen LogP contribution in [0.1, 0.15) is 24.9 Å². The van der Waals surface area contributed by atoms with Gasteiger partial charge in [0.05, 0.1) is 24.1 Å². The third kappa shape index (κ3) is 1.89. The van der Waals surface area contributed by atoms with E-state index < -0.39 is 17.5 Å². The molecule has 2 saturated heterocycles. The van der Waals surface area contributed by atoms with Gasteiger partial charge in [-0.25, -0.2) is 0 Å². The minimum Gasteiger partial charge on any atom is -0.454 e. The maximum absolute atomic E-state index is 12.6. The number of fused-ring (bicyclic) bond motifs is 2. The van der Waals surface area contributed by atoms with Gasteiger partial charge in [0.2, 0.25) is 18.6 Å². The van der Waals surface area contributed by atoms with Gasteiger partial charge in [-0.2, -0.15) is 5.26 Å². The second-order valence-electron chi connectivity index (χ2n) is 6.76. The highest BCUT2D eigenvalue weighted by atomic mass is 16.7. The smallest absolute Gasteiger partial charge is 0.245 e. The van der Waals surface area contributed by atoms with Gasteiger partial charge in [0.15, 0.2) is 11.5 Å². The Labute approximate surface area is 139 Å². The number of nitriles is 1. The first kappa shape index (κ1) is 14.8. The van der Waals surface area contributed by atoms with Gasteiger partial charge in [-0.1, -0.05) is 6.07 Å². The third-order valence-electron chi connectivity index (χ3n) is 5.12. The van der Waals surface area contributed by atoms with Crippen LogP contribution in [-0.4, -0.2) is 48.0 Å². The van der Waals surface area contributed by atoms with Crippen LogP contribution in [0.5, 0.6) is 11.5 Å². The standard InChI is InChI=1S/C17H17N3O4/c1-17(8-18)6-11-16(22)19(2)7-14(21)20(11)15(17)10-3-4-12-13(5-10)24-9-23-12/h3-5,11,15H,6-7,9H2,1-2H3/t11-,15?,17+/m0/s1. The Bertz CT molecular complexity index is 787.